The van der Waals surface area contributed by atoms with Crippen LogP contribution in [-0.2, 0) is 9.53 Å². The molecule has 1 aromatic carbocycles. The summed E-state index contributed by atoms with van der Waals surface area (Å²) in [5.74, 6) is 0.443. The van der Waals surface area contributed by atoms with Crippen LogP contribution in [0.25, 0.3) is 0 Å². The Labute approximate surface area is 158 Å². The predicted octanol–water partition coefficient (Wildman–Crippen LogP) is 4.91. The molecule has 3 nitrogen and oxygen atoms in total. The fourth-order valence-electron chi connectivity index (χ4n) is 5.85. The minimum absolute atomic E-state index is 0.0408. The van der Waals surface area contributed by atoms with E-state index in [-0.39, 0.29) is 18.0 Å². The Balaban J connectivity index is 1.47. The maximum atomic E-state index is 13.2. The van der Waals surface area contributed by atoms with Crippen LogP contribution in [0.1, 0.15) is 76.7 Å². The maximum Gasteiger partial charge on any atom is 0.309 e. The summed E-state index contributed by atoms with van der Waals surface area (Å²) < 4.78 is 6.22. The van der Waals surface area contributed by atoms with Gasteiger partial charge in [0.1, 0.15) is 6.10 Å². The number of carbonyl (C=O) groups excluding carboxylic acids is 1. The highest BCUT2D eigenvalue weighted by Crippen LogP contribution is 2.42. The zero-order valence-electron chi connectivity index (χ0n) is 16.3. The molecule has 4 rings (SSSR count). The summed E-state index contributed by atoms with van der Waals surface area (Å²) >= 11 is 0. The molecule has 1 aromatic rings. The molecule has 2 heterocycles. The third kappa shape index (κ3) is 3.43. The molecule has 0 spiro atoms. The number of carbonyl (C=O) groups is 1. The summed E-state index contributed by atoms with van der Waals surface area (Å²) in [6.45, 7) is 4.56. The van der Waals surface area contributed by atoms with Crippen molar-refractivity contribution in [2.75, 3.05) is 0 Å². The average molecular weight is 356 g/mol. The predicted molar refractivity (Wildman–Crippen MR) is 104 cm³/mol. The molecule has 2 unspecified atom stereocenters. The fourth-order valence-corrected chi connectivity index (χ4v) is 5.85. The van der Waals surface area contributed by atoms with Crippen molar-refractivity contribution < 1.29 is 9.53 Å². The van der Waals surface area contributed by atoms with E-state index >= 15 is 0 Å². The number of benzene rings is 1. The molecule has 142 valence electrons. The van der Waals surface area contributed by atoms with E-state index < -0.39 is 0 Å². The van der Waals surface area contributed by atoms with Gasteiger partial charge in [0.2, 0.25) is 0 Å². The van der Waals surface area contributed by atoms with Crippen molar-refractivity contribution in [3.05, 3.63) is 35.9 Å². The third-order valence-corrected chi connectivity index (χ3v) is 6.94. The van der Waals surface area contributed by atoms with Crippen LogP contribution in [-0.4, -0.2) is 35.1 Å². The quantitative estimate of drug-likeness (QED) is 0.719. The molecule has 1 saturated carbocycles. The lowest BCUT2D eigenvalue weighted by atomic mass is 9.75. The van der Waals surface area contributed by atoms with Crippen LogP contribution in [0.4, 0.5) is 0 Å². The highest BCUT2D eigenvalue weighted by molar-refractivity contribution is 5.74. The van der Waals surface area contributed by atoms with Crippen LogP contribution in [0.5, 0.6) is 0 Å². The summed E-state index contributed by atoms with van der Waals surface area (Å²) in [4.78, 5) is 15.8. The molecule has 0 aromatic heterocycles. The highest BCUT2D eigenvalue weighted by atomic mass is 16.5. The third-order valence-electron chi connectivity index (χ3n) is 6.94. The number of hydrogen-bond donors (Lipinski definition) is 0. The lowest BCUT2D eigenvalue weighted by Gasteiger charge is -2.38. The first-order valence-corrected chi connectivity index (χ1v) is 10.7. The number of esters is 1. The molecular weight excluding hydrogens is 322 g/mol. The van der Waals surface area contributed by atoms with Crippen LogP contribution in [0.3, 0.4) is 0 Å². The normalized spacial score (nSPS) is 34.8. The second-order valence-corrected chi connectivity index (χ2v) is 8.81. The molecule has 2 bridgehead atoms. The molecule has 26 heavy (non-hydrogen) atoms. The van der Waals surface area contributed by atoms with Gasteiger partial charge in [0, 0.05) is 24.5 Å². The number of rotatable bonds is 4. The van der Waals surface area contributed by atoms with Gasteiger partial charge in [0.15, 0.2) is 0 Å². The zero-order valence-corrected chi connectivity index (χ0v) is 16.3. The van der Waals surface area contributed by atoms with Crippen LogP contribution in [0.2, 0.25) is 0 Å². The van der Waals surface area contributed by atoms with Crippen LogP contribution >= 0.6 is 0 Å². The molecule has 3 fully saturated rings. The first-order chi connectivity index (χ1) is 12.6. The molecule has 1 aliphatic carbocycles. The molecule has 5 atom stereocenters. The smallest absolute Gasteiger partial charge is 0.309 e. The topological polar surface area (TPSA) is 29.5 Å². The maximum absolute atomic E-state index is 13.2. The number of nitrogens with zero attached hydrogens (tertiary/aromatic N) is 1. The first kappa shape index (κ1) is 18.0. The Hall–Kier alpha value is -1.35. The van der Waals surface area contributed by atoms with E-state index in [9.17, 15) is 4.79 Å². The number of hydrogen-bond acceptors (Lipinski definition) is 3. The van der Waals surface area contributed by atoms with Crippen molar-refractivity contribution in [1.29, 1.82) is 0 Å². The Bertz CT molecular complexity index is 614. The minimum Gasteiger partial charge on any atom is -0.460 e. The van der Waals surface area contributed by atoms with E-state index in [2.05, 4.69) is 49.1 Å². The van der Waals surface area contributed by atoms with Crippen molar-refractivity contribution >= 4 is 5.97 Å². The summed E-state index contributed by atoms with van der Waals surface area (Å²) in [5.41, 5.74) is 1.31. The molecule has 0 N–H and O–H groups in total. The van der Waals surface area contributed by atoms with Crippen LogP contribution < -0.4 is 0 Å². The standard InChI is InChI=1S/C23H33NO2/c1-16(2)24-18-11-8-14-21(24)22(15-18)26-23(25)20-13-7-6-12-19(20)17-9-4-3-5-10-17/h3-5,9-10,16,18-22H,6-8,11-15H2,1-2H3/t18-,19?,20?,21+,22+/m0/s1. The van der Waals surface area contributed by atoms with Gasteiger partial charge in [0.25, 0.3) is 0 Å². The Morgan fingerprint density at radius 1 is 1.04 bits per heavy atom. The van der Waals surface area contributed by atoms with Gasteiger partial charge in [-0.05, 0) is 51.0 Å². The van der Waals surface area contributed by atoms with Crippen LogP contribution in [0.15, 0.2) is 30.3 Å². The van der Waals surface area contributed by atoms with E-state index in [0.717, 1.165) is 25.7 Å². The number of piperidine rings is 1. The van der Waals surface area contributed by atoms with Crippen LogP contribution in [0, 0.1) is 5.92 Å². The van der Waals surface area contributed by atoms with E-state index in [1.807, 2.05) is 0 Å². The van der Waals surface area contributed by atoms with E-state index in [0.29, 0.717) is 24.0 Å². The van der Waals surface area contributed by atoms with Crippen molar-refractivity contribution in [3.8, 4) is 0 Å². The Morgan fingerprint density at radius 3 is 2.54 bits per heavy atom. The molecule has 3 aliphatic rings. The van der Waals surface area contributed by atoms with Gasteiger partial charge in [-0.2, -0.15) is 0 Å². The average Bonchev–Trinajstić information content (AvgIpc) is 2.88. The summed E-state index contributed by atoms with van der Waals surface area (Å²) in [7, 11) is 0. The summed E-state index contributed by atoms with van der Waals surface area (Å²) in [5, 5.41) is 0. The lowest BCUT2D eigenvalue weighted by Crippen LogP contribution is -2.47. The van der Waals surface area contributed by atoms with E-state index in [1.165, 1.54) is 31.2 Å². The number of ether oxygens (including phenoxy) is 1. The molecule has 3 heteroatoms. The van der Waals surface area contributed by atoms with Gasteiger partial charge in [-0.15, -0.1) is 0 Å². The largest absolute Gasteiger partial charge is 0.460 e. The van der Waals surface area contributed by atoms with Gasteiger partial charge in [-0.1, -0.05) is 49.6 Å². The minimum atomic E-state index is 0.0408. The van der Waals surface area contributed by atoms with Gasteiger partial charge >= 0.3 is 5.97 Å². The van der Waals surface area contributed by atoms with E-state index in [1.54, 1.807) is 0 Å². The van der Waals surface area contributed by atoms with Gasteiger partial charge in [-0.25, -0.2) is 0 Å². The van der Waals surface area contributed by atoms with Crippen molar-refractivity contribution in [2.24, 2.45) is 5.92 Å². The Morgan fingerprint density at radius 2 is 1.81 bits per heavy atom. The second-order valence-electron chi connectivity index (χ2n) is 8.81. The lowest BCUT2D eigenvalue weighted by molar-refractivity contribution is -0.157. The summed E-state index contributed by atoms with van der Waals surface area (Å²) in [6, 6.07) is 12.2. The summed E-state index contributed by atoms with van der Waals surface area (Å²) in [6.07, 6.45) is 9.33. The number of fused-ring (bicyclic) bond motifs is 2. The molecule has 0 amide bonds. The first-order valence-electron chi connectivity index (χ1n) is 10.7. The monoisotopic (exact) mass is 355 g/mol. The van der Waals surface area contributed by atoms with Crippen molar-refractivity contribution in [3.63, 3.8) is 0 Å². The SMILES string of the molecule is CC(C)N1[C@H]2CCC[C@@H]1[C@H](OC(=O)C1CCCCC1c1ccccc1)C2. The zero-order chi connectivity index (χ0) is 18.1. The molecule has 2 aliphatic heterocycles. The fraction of sp³-hybridized carbons (Fsp3) is 0.696. The van der Waals surface area contributed by atoms with Gasteiger partial charge < -0.3 is 4.74 Å². The van der Waals surface area contributed by atoms with E-state index in [4.69, 9.17) is 4.74 Å². The molecule has 2 saturated heterocycles. The van der Waals surface area contributed by atoms with Crippen molar-refractivity contribution in [2.45, 2.75) is 95.4 Å². The van der Waals surface area contributed by atoms with Gasteiger partial charge in [-0.3, -0.25) is 9.69 Å². The molecular formula is C23H33NO2. The second kappa shape index (κ2) is 7.72. The van der Waals surface area contributed by atoms with Crippen molar-refractivity contribution in [1.82, 2.24) is 4.90 Å². The Kier molecular flexibility index (Phi) is 5.35. The highest BCUT2D eigenvalue weighted by Gasteiger charge is 2.47. The van der Waals surface area contributed by atoms with Gasteiger partial charge in [0.05, 0.1) is 5.92 Å². The molecule has 0 radical (unpaired) electrons.